The number of para-hydroxylation sites is 1. The predicted molar refractivity (Wildman–Crippen MR) is 84.6 cm³/mol. The lowest BCUT2D eigenvalue weighted by molar-refractivity contribution is 0.415. The molecule has 1 aromatic carbocycles. The number of nitrogens with one attached hydrogen (secondary N) is 1. The van der Waals surface area contributed by atoms with Crippen LogP contribution in [0.2, 0.25) is 0 Å². The molecule has 0 atom stereocenters. The SMILES string of the molecule is CCN(CCCNCc1cc2ccccc2o1)S(C)(=O)=O. The molecule has 0 aliphatic carbocycles. The predicted octanol–water partition coefficient (Wildman–Crippen LogP) is 2.19. The fraction of sp³-hybridized carbons (Fsp3) is 0.467. The van der Waals surface area contributed by atoms with Crippen molar-refractivity contribution >= 4 is 21.0 Å². The second-order valence-electron chi connectivity index (χ2n) is 5.04. The Hall–Kier alpha value is -1.37. The molecule has 1 aromatic heterocycles. The van der Waals surface area contributed by atoms with Gasteiger partial charge in [-0.1, -0.05) is 25.1 Å². The van der Waals surface area contributed by atoms with E-state index in [0.29, 0.717) is 19.6 Å². The maximum atomic E-state index is 11.4. The van der Waals surface area contributed by atoms with E-state index in [9.17, 15) is 8.42 Å². The summed E-state index contributed by atoms with van der Waals surface area (Å²) in [4.78, 5) is 0. The monoisotopic (exact) mass is 310 g/mol. The van der Waals surface area contributed by atoms with Gasteiger partial charge in [-0.25, -0.2) is 12.7 Å². The molecule has 0 saturated heterocycles. The average Bonchev–Trinajstić information content (AvgIpc) is 2.84. The summed E-state index contributed by atoms with van der Waals surface area (Å²) in [5.74, 6) is 0.895. The molecule has 0 fully saturated rings. The Morgan fingerprint density at radius 2 is 2.05 bits per heavy atom. The minimum Gasteiger partial charge on any atom is -0.460 e. The number of sulfonamides is 1. The van der Waals surface area contributed by atoms with Gasteiger partial charge in [0.1, 0.15) is 11.3 Å². The molecule has 0 saturated carbocycles. The van der Waals surface area contributed by atoms with Gasteiger partial charge in [0, 0.05) is 18.5 Å². The standard InChI is InChI=1S/C15H22N2O3S/c1-3-17(21(2,18)19)10-6-9-16-12-14-11-13-7-4-5-8-15(13)20-14/h4-5,7-8,11,16H,3,6,9-10,12H2,1-2H3. The highest BCUT2D eigenvalue weighted by Gasteiger charge is 2.13. The number of fused-ring (bicyclic) bond motifs is 1. The Labute approximate surface area is 126 Å². The molecule has 0 radical (unpaired) electrons. The highest BCUT2D eigenvalue weighted by Crippen LogP contribution is 2.18. The van der Waals surface area contributed by atoms with Gasteiger partial charge in [0.05, 0.1) is 12.8 Å². The van der Waals surface area contributed by atoms with E-state index in [-0.39, 0.29) is 0 Å². The van der Waals surface area contributed by atoms with Crippen LogP contribution in [0.4, 0.5) is 0 Å². The number of nitrogens with zero attached hydrogens (tertiary/aromatic N) is 1. The van der Waals surface area contributed by atoms with E-state index >= 15 is 0 Å². The Morgan fingerprint density at radius 3 is 2.71 bits per heavy atom. The number of benzene rings is 1. The van der Waals surface area contributed by atoms with Gasteiger partial charge in [0.15, 0.2) is 0 Å². The number of hydrogen-bond acceptors (Lipinski definition) is 4. The molecule has 2 rings (SSSR count). The lowest BCUT2D eigenvalue weighted by Crippen LogP contribution is -2.32. The number of furan rings is 1. The van der Waals surface area contributed by atoms with Crippen LogP contribution in [-0.2, 0) is 16.6 Å². The van der Waals surface area contributed by atoms with Crippen LogP contribution < -0.4 is 5.32 Å². The minimum absolute atomic E-state index is 0.516. The highest BCUT2D eigenvalue weighted by molar-refractivity contribution is 7.88. The van der Waals surface area contributed by atoms with E-state index in [1.54, 1.807) is 0 Å². The summed E-state index contributed by atoms with van der Waals surface area (Å²) >= 11 is 0. The van der Waals surface area contributed by atoms with Crippen LogP contribution in [0, 0.1) is 0 Å². The molecule has 0 spiro atoms. The molecule has 0 aliphatic rings. The molecule has 116 valence electrons. The van der Waals surface area contributed by atoms with E-state index in [0.717, 1.165) is 29.7 Å². The van der Waals surface area contributed by atoms with Crippen LogP contribution >= 0.6 is 0 Å². The van der Waals surface area contributed by atoms with Crippen LogP contribution in [0.25, 0.3) is 11.0 Å². The molecule has 21 heavy (non-hydrogen) atoms. The third-order valence-corrected chi connectivity index (χ3v) is 4.74. The normalized spacial score (nSPS) is 12.3. The lowest BCUT2D eigenvalue weighted by atomic mass is 10.2. The van der Waals surface area contributed by atoms with E-state index in [2.05, 4.69) is 5.32 Å². The smallest absolute Gasteiger partial charge is 0.211 e. The van der Waals surface area contributed by atoms with Crippen LogP contribution in [-0.4, -0.2) is 38.6 Å². The summed E-state index contributed by atoms with van der Waals surface area (Å²) < 4.78 is 30.1. The maximum Gasteiger partial charge on any atom is 0.211 e. The summed E-state index contributed by atoms with van der Waals surface area (Å²) in [5, 5.41) is 4.38. The van der Waals surface area contributed by atoms with E-state index < -0.39 is 10.0 Å². The van der Waals surface area contributed by atoms with Gasteiger partial charge < -0.3 is 9.73 Å². The first-order chi connectivity index (χ1) is 10.0. The van der Waals surface area contributed by atoms with Crippen molar-refractivity contribution in [3.63, 3.8) is 0 Å². The van der Waals surface area contributed by atoms with Gasteiger partial charge in [-0.3, -0.25) is 0 Å². The van der Waals surface area contributed by atoms with E-state index in [1.807, 2.05) is 37.3 Å². The summed E-state index contributed by atoms with van der Waals surface area (Å²) in [6.45, 7) is 4.32. The Balaban J connectivity index is 1.75. The van der Waals surface area contributed by atoms with Crippen molar-refractivity contribution in [3.05, 3.63) is 36.1 Å². The van der Waals surface area contributed by atoms with E-state index in [4.69, 9.17) is 4.42 Å². The van der Waals surface area contributed by atoms with Gasteiger partial charge in [0.25, 0.3) is 0 Å². The number of rotatable bonds is 8. The second kappa shape index (κ2) is 7.06. The first kappa shape index (κ1) is 16.0. The molecule has 6 heteroatoms. The third-order valence-electron chi connectivity index (χ3n) is 3.36. The summed E-state index contributed by atoms with van der Waals surface area (Å²) in [6, 6.07) is 9.93. The quantitative estimate of drug-likeness (QED) is 0.759. The Morgan fingerprint density at radius 1 is 1.29 bits per heavy atom. The van der Waals surface area contributed by atoms with Gasteiger partial charge in [-0.15, -0.1) is 0 Å². The molecule has 0 amide bonds. The third kappa shape index (κ3) is 4.56. The van der Waals surface area contributed by atoms with Crippen LogP contribution in [0.5, 0.6) is 0 Å². The first-order valence-corrected chi connectivity index (χ1v) is 8.99. The zero-order valence-electron chi connectivity index (χ0n) is 12.5. The van der Waals surface area contributed by atoms with Gasteiger partial charge in [-0.2, -0.15) is 0 Å². The molecule has 5 nitrogen and oxygen atoms in total. The van der Waals surface area contributed by atoms with Crippen molar-refractivity contribution < 1.29 is 12.8 Å². The molecular formula is C15H22N2O3S. The van der Waals surface area contributed by atoms with Crippen molar-refractivity contribution in [2.45, 2.75) is 19.9 Å². The molecule has 0 bridgehead atoms. The fourth-order valence-electron chi connectivity index (χ4n) is 2.27. The topological polar surface area (TPSA) is 62.6 Å². The van der Waals surface area contributed by atoms with Crippen molar-refractivity contribution in [3.8, 4) is 0 Å². The number of hydrogen-bond donors (Lipinski definition) is 1. The van der Waals surface area contributed by atoms with Crippen LogP contribution in [0.3, 0.4) is 0 Å². The summed E-state index contributed by atoms with van der Waals surface area (Å²) in [7, 11) is -3.08. The van der Waals surface area contributed by atoms with Crippen LogP contribution in [0.15, 0.2) is 34.7 Å². The average molecular weight is 310 g/mol. The molecule has 2 aromatic rings. The summed E-state index contributed by atoms with van der Waals surface area (Å²) in [5.41, 5.74) is 0.892. The fourth-order valence-corrected chi connectivity index (χ4v) is 3.20. The zero-order chi connectivity index (χ0) is 15.3. The molecular weight excluding hydrogens is 288 g/mol. The Bertz CT molecular complexity index is 646. The maximum absolute atomic E-state index is 11.4. The molecule has 1 heterocycles. The highest BCUT2D eigenvalue weighted by atomic mass is 32.2. The Kier molecular flexibility index (Phi) is 5.39. The van der Waals surface area contributed by atoms with Crippen LogP contribution in [0.1, 0.15) is 19.1 Å². The largest absolute Gasteiger partial charge is 0.460 e. The van der Waals surface area contributed by atoms with Crippen molar-refractivity contribution in [1.29, 1.82) is 0 Å². The van der Waals surface area contributed by atoms with Gasteiger partial charge >= 0.3 is 0 Å². The first-order valence-electron chi connectivity index (χ1n) is 7.14. The van der Waals surface area contributed by atoms with Crippen molar-refractivity contribution in [2.24, 2.45) is 0 Å². The van der Waals surface area contributed by atoms with Gasteiger partial charge in [-0.05, 0) is 25.1 Å². The molecule has 1 N–H and O–H groups in total. The zero-order valence-corrected chi connectivity index (χ0v) is 13.3. The van der Waals surface area contributed by atoms with Gasteiger partial charge in [0.2, 0.25) is 10.0 Å². The lowest BCUT2D eigenvalue weighted by Gasteiger charge is -2.17. The molecule has 0 unspecified atom stereocenters. The summed E-state index contributed by atoms with van der Waals surface area (Å²) in [6.07, 6.45) is 2.03. The second-order valence-corrected chi connectivity index (χ2v) is 7.02. The molecule has 0 aliphatic heterocycles. The minimum atomic E-state index is -3.08. The van der Waals surface area contributed by atoms with Crippen molar-refractivity contribution in [2.75, 3.05) is 25.9 Å². The van der Waals surface area contributed by atoms with E-state index in [1.165, 1.54) is 10.6 Å². The van der Waals surface area contributed by atoms with Crippen molar-refractivity contribution in [1.82, 2.24) is 9.62 Å².